The van der Waals surface area contributed by atoms with E-state index >= 15 is 0 Å². The number of halogens is 3. The highest BCUT2D eigenvalue weighted by Crippen LogP contribution is 2.32. The summed E-state index contributed by atoms with van der Waals surface area (Å²) in [5.41, 5.74) is 1.46. The summed E-state index contributed by atoms with van der Waals surface area (Å²) in [7, 11) is 0. The van der Waals surface area contributed by atoms with Gasteiger partial charge in [0.2, 0.25) is 0 Å². The van der Waals surface area contributed by atoms with Gasteiger partial charge in [0, 0.05) is 37.6 Å². The second-order valence-corrected chi connectivity index (χ2v) is 7.80. The number of aliphatic hydroxyl groups is 1. The minimum absolute atomic E-state index is 0.0622. The van der Waals surface area contributed by atoms with E-state index in [0.29, 0.717) is 31.0 Å². The fourth-order valence-corrected chi connectivity index (χ4v) is 4.12. The molecule has 2 N–H and O–H groups in total. The van der Waals surface area contributed by atoms with Crippen LogP contribution in [0.2, 0.25) is 0 Å². The van der Waals surface area contributed by atoms with E-state index in [4.69, 9.17) is 0 Å². The SMILES string of the molecule is Cc1n[nH]cc1C1CC(O)CN(c2ccnc(-c3cnc4cnc(C(F)(F)F)cn34)n2)C1. The van der Waals surface area contributed by atoms with Crippen molar-refractivity contribution in [1.29, 1.82) is 0 Å². The van der Waals surface area contributed by atoms with Crippen molar-refractivity contribution in [2.75, 3.05) is 18.0 Å². The summed E-state index contributed by atoms with van der Waals surface area (Å²) in [4.78, 5) is 18.3. The average Bonchev–Trinajstić information content (AvgIpc) is 3.38. The van der Waals surface area contributed by atoms with Gasteiger partial charge in [0.1, 0.15) is 11.5 Å². The van der Waals surface area contributed by atoms with Crippen LogP contribution in [0.15, 0.2) is 37.1 Å². The normalized spacial score (nSPS) is 19.6. The number of hydrogen-bond donors (Lipinski definition) is 2. The van der Waals surface area contributed by atoms with E-state index in [2.05, 4.69) is 30.1 Å². The number of H-pyrrole nitrogens is 1. The van der Waals surface area contributed by atoms with Gasteiger partial charge in [-0.2, -0.15) is 18.3 Å². The van der Waals surface area contributed by atoms with Gasteiger partial charge in [0.15, 0.2) is 17.2 Å². The van der Waals surface area contributed by atoms with Crippen LogP contribution < -0.4 is 4.90 Å². The van der Waals surface area contributed by atoms with Crippen LogP contribution in [-0.2, 0) is 6.18 Å². The van der Waals surface area contributed by atoms with Crippen molar-refractivity contribution in [1.82, 2.24) is 34.5 Å². The zero-order valence-electron chi connectivity index (χ0n) is 17.0. The highest BCUT2D eigenvalue weighted by Gasteiger charge is 2.33. The number of aliphatic hydroxyl groups excluding tert-OH is 1. The molecule has 1 saturated heterocycles. The summed E-state index contributed by atoms with van der Waals surface area (Å²) in [5, 5.41) is 17.5. The largest absolute Gasteiger partial charge is 0.434 e. The predicted octanol–water partition coefficient (Wildman–Crippen LogP) is 2.59. The Morgan fingerprint density at radius 3 is 2.75 bits per heavy atom. The van der Waals surface area contributed by atoms with Gasteiger partial charge in [0.05, 0.1) is 24.2 Å². The highest BCUT2D eigenvalue weighted by molar-refractivity contribution is 5.58. The molecule has 0 bridgehead atoms. The molecule has 4 aromatic rings. The molecule has 1 aliphatic heterocycles. The van der Waals surface area contributed by atoms with Crippen LogP contribution in [0.1, 0.15) is 29.3 Å². The topological polar surface area (TPSA) is 108 Å². The maximum absolute atomic E-state index is 13.1. The minimum Gasteiger partial charge on any atom is -0.391 e. The molecule has 12 heteroatoms. The number of fused-ring (bicyclic) bond motifs is 1. The summed E-state index contributed by atoms with van der Waals surface area (Å²) in [6.07, 6.45) is 2.22. The van der Waals surface area contributed by atoms with E-state index in [1.54, 1.807) is 12.3 Å². The standard InChI is InChI=1S/C20H19F3N8O/c1-11-14(5-27-29-11)12-4-13(32)9-30(8-12)17-2-3-24-19(28-17)15-6-26-18-7-25-16(10-31(15)18)20(21,22)23/h2-3,5-7,10,12-13,32H,4,8-9H2,1H3,(H,27,29). The molecule has 166 valence electrons. The van der Waals surface area contributed by atoms with Crippen molar-refractivity contribution < 1.29 is 18.3 Å². The number of alkyl halides is 3. The number of hydrogen-bond acceptors (Lipinski definition) is 7. The number of β-amino-alcohol motifs (C(OH)–C–C–N with tert-alkyl or cyclic N) is 1. The number of aromatic nitrogens is 7. The fourth-order valence-electron chi connectivity index (χ4n) is 4.12. The molecule has 1 aliphatic rings. The third-order valence-electron chi connectivity index (χ3n) is 5.62. The second kappa shape index (κ2) is 7.55. The Morgan fingerprint density at radius 1 is 1.16 bits per heavy atom. The molecule has 0 saturated carbocycles. The maximum atomic E-state index is 13.1. The lowest BCUT2D eigenvalue weighted by molar-refractivity contribution is -0.141. The summed E-state index contributed by atoms with van der Waals surface area (Å²) in [6, 6.07) is 1.72. The van der Waals surface area contributed by atoms with Crippen molar-refractivity contribution in [2.45, 2.75) is 31.5 Å². The third kappa shape index (κ3) is 3.66. The molecule has 32 heavy (non-hydrogen) atoms. The Bertz CT molecular complexity index is 1270. The van der Waals surface area contributed by atoms with Crippen LogP contribution >= 0.6 is 0 Å². The number of aromatic amines is 1. The Balaban J connectivity index is 1.49. The Labute approximate surface area is 180 Å². The van der Waals surface area contributed by atoms with Crippen LogP contribution in [-0.4, -0.2) is 58.8 Å². The predicted molar refractivity (Wildman–Crippen MR) is 108 cm³/mol. The summed E-state index contributed by atoms with van der Waals surface area (Å²) < 4.78 is 40.6. The first kappa shape index (κ1) is 20.4. The minimum atomic E-state index is -4.58. The Kier molecular flexibility index (Phi) is 4.81. The molecule has 9 nitrogen and oxygen atoms in total. The van der Waals surface area contributed by atoms with Gasteiger partial charge in [-0.1, -0.05) is 0 Å². The van der Waals surface area contributed by atoms with E-state index in [0.717, 1.165) is 23.7 Å². The second-order valence-electron chi connectivity index (χ2n) is 7.80. The summed E-state index contributed by atoms with van der Waals surface area (Å²) >= 11 is 0. The quantitative estimate of drug-likeness (QED) is 0.500. The third-order valence-corrected chi connectivity index (χ3v) is 5.62. The number of aryl methyl sites for hydroxylation is 1. The molecule has 4 aromatic heterocycles. The van der Waals surface area contributed by atoms with E-state index in [9.17, 15) is 18.3 Å². The van der Waals surface area contributed by atoms with E-state index in [1.165, 1.54) is 10.6 Å². The van der Waals surface area contributed by atoms with Crippen molar-refractivity contribution in [3.8, 4) is 11.5 Å². The first-order valence-corrected chi connectivity index (χ1v) is 9.96. The number of nitrogens with one attached hydrogen (secondary N) is 1. The van der Waals surface area contributed by atoms with Crippen molar-refractivity contribution >= 4 is 11.5 Å². The highest BCUT2D eigenvalue weighted by atomic mass is 19.4. The molecule has 5 heterocycles. The molecule has 0 radical (unpaired) electrons. The summed E-state index contributed by atoms with van der Waals surface area (Å²) in [6.45, 7) is 2.91. The van der Waals surface area contributed by atoms with Crippen molar-refractivity contribution in [2.24, 2.45) is 0 Å². The van der Waals surface area contributed by atoms with Gasteiger partial charge in [-0.3, -0.25) is 9.50 Å². The van der Waals surface area contributed by atoms with E-state index in [1.807, 2.05) is 18.0 Å². The number of imidazole rings is 1. The molecule has 2 atom stereocenters. The van der Waals surface area contributed by atoms with Crippen LogP contribution in [0.5, 0.6) is 0 Å². The summed E-state index contributed by atoms with van der Waals surface area (Å²) in [5.74, 6) is 0.859. The smallest absolute Gasteiger partial charge is 0.391 e. The lowest BCUT2D eigenvalue weighted by Gasteiger charge is -2.36. The maximum Gasteiger partial charge on any atom is 0.434 e. The van der Waals surface area contributed by atoms with Crippen LogP contribution in [0.3, 0.4) is 0 Å². The number of nitrogens with zero attached hydrogens (tertiary/aromatic N) is 7. The Morgan fingerprint density at radius 2 is 2.00 bits per heavy atom. The monoisotopic (exact) mass is 444 g/mol. The lowest BCUT2D eigenvalue weighted by atomic mass is 9.89. The molecule has 0 aromatic carbocycles. The van der Waals surface area contributed by atoms with Gasteiger partial charge in [-0.15, -0.1) is 0 Å². The number of anilines is 1. The zero-order chi connectivity index (χ0) is 22.5. The molecule has 1 fully saturated rings. The average molecular weight is 444 g/mol. The van der Waals surface area contributed by atoms with Gasteiger partial charge in [0.25, 0.3) is 0 Å². The fraction of sp³-hybridized carbons (Fsp3) is 0.350. The first-order chi connectivity index (χ1) is 15.3. The van der Waals surface area contributed by atoms with E-state index < -0.39 is 18.0 Å². The lowest BCUT2D eigenvalue weighted by Crippen LogP contribution is -2.42. The van der Waals surface area contributed by atoms with Crippen molar-refractivity contribution in [3.05, 3.63) is 54.0 Å². The Hall–Kier alpha value is -3.54. The van der Waals surface area contributed by atoms with E-state index in [-0.39, 0.29) is 17.4 Å². The molecule has 0 aliphatic carbocycles. The molecule has 0 amide bonds. The number of rotatable bonds is 3. The van der Waals surface area contributed by atoms with Crippen molar-refractivity contribution in [3.63, 3.8) is 0 Å². The first-order valence-electron chi connectivity index (χ1n) is 9.96. The van der Waals surface area contributed by atoms with Gasteiger partial charge in [-0.05, 0) is 25.0 Å². The zero-order valence-corrected chi connectivity index (χ0v) is 17.0. The molecular formula is C20H19F3N8O. The van der Waals surface area contributed by atoms with Crippen LogP contribution in [0.25, 0.3) is 17.2 Å². The van der Waals surface area contributed by atoms with Gasteiger partial charge in [-0.25, -0.2) is 19.9 Å². The molecule has 5 rings (SSSR count). The number of piperidine rings is 1. The molecular weight excluding hydrogens is 425 g/mol. The van der Waals surface area contributed by atoms with Crippen LogP contribution in [0.4, 0.5) is 19.0 Å². The van der Waals surface area contributed by atoms with Gasteiger partial charge >= 0.3 is 6.18 Å². The van der Waals surface area contributed by atoms with Gasteiger partial charge < -0.3 is 10.0 Å². The molecule has 0 spiro atoms. The van der Waals surface area contributed by atoms with Crippen LogP contribution in [0, 0.1) is 6.92 Å². The molecule has 2 unspecified atom stereocenters.